The highest BCUT2D eigenvalue weighted by atomic mass is 16.5. The number of aromatic nitrogens is 1. The molecule has 5 nitrogen and oxygen atoms in total. The molecule has 1 N–H and O–H groups in total. The molecule has 1 aliphatic rings. The minimum atomic E-state index is -0.0171. The van der Waals surface area contributed by atoms with Gasteiger partial charge in [0.1, 0.15) is 0 Å². The number of rotatable bonds is 2. The van der Waals surface area contributed by atoms with Crippen LogP contribution in [-0.2, 0) is 0 Å². The average molecular weight is 237 g/mol. The molecular formula is C12H19N3O2. The van der Waals surface area contributed by atoms with E-state index in [9.17, 15) is 4.79 Å². The van der Waals surface area contributed by atoms with Crippen LogP contribution in [0.4, 0.5) is 4.79 Å². The lowest BCUT2D eigenvalue weighted by molar-refractivity contribution is 0.180. The first-order chi connectivity index (χ1) is 8.08. The van der Waals surface area contributed by atoms with Crippen molar-refractivity contribution in [3.63, 3.8) is 0 Å². The van der Waals surface area contributed by atoms with E-state index < -0.39 is 0 Å². The first-order valence-corrected chi connectivity index (χ1v) is 6.08. The van der Waals surface area contributed by atoms with Crippen LogP contribution >= 0.6 is 0 Å². The minimum Gasteiger partial charge on any atom is -0.359 e. The zero-order valence-corrected chi connectivity index (χ0v) is 10.6. The highest BCUT2D eigenvalue weighted by Gasteiger charge is 2.32. The number of carbonyl (C=O) groups is 1. The molecule has 1 aliphatic heterocycles. The van der Waals surface area contributed by atoms with Crippen molar-refractivity contribution in [2.75, 3.05) is 6.54 Å². The molecule has 94 valence electrons. The molecule has 0 bridgehead atoms. The third-order valence-corrected chi connectivity index (χ3v) is 2.90. The Labute approximate surface area is 101 Å². The van der Waals surface area contributed by atoms with Gasteiger partial charge in [-0.2, -0.15) is 0 Å². The summed E-state index contributed by atoms with van der Waals surface area (Å²) in [4.78, 5) is 13.8. The van der Waals surface area contributed by atoms with E-state index in [2.05, 4.69) is 10.5 Å². The molecule has 0 aromatic carbocycles. The fourth-order valence-electron chi connectivity index (χ4n) is 2.18. The number of aryl methyl sites for hydroxylation is 1. The molecule has 0 radical (unpaired) electrons. The quantitative estimate of drug-likeness (QED) is 0.858. The second kappa shape index (κ2) is 4.77. The smallest absolute Gasteiger partial charge is 0.318 e. The zero-order chi connectivity index (χ0) is 12.4. The molecule has 2 amide bonds. The molecule has 1 saturated heterocycles. The Kier molecular flexibility index (Phi) is 3.36. The van der Waals surface area contributed by atoms with Crippen LogP contribution in [0.25, 0.3) is 0 Å². The van der Waals surface area contributed by atoms with Crippen LogP contribution in [0, 0.1) is 6.92 Å². The minimum absolute atomic E-state index is 0.0171. The summed E-state index contributed by atoms with van der Waals surface area (Å²) >= 11 is 0. The molecule has 1 atom stereocenters. The fourth-order valence-corrected chi connectivity index (χ4v) is 2.18. The topological polar surface area (TPSA) is 58.4 Å². The molecule has 1 aromatic heterocycles. The van der Waals surface area contributed by atoms with E-state index >= 15 is 0 Å². The van der Waals surface area contributed by atoms with Gasteiger partial charge in [-0.05, 0) is 33.6 Å². The van der Waals surface area contributed by atoms with Crippen LogP contribution in [0.3, 0.4) is 0 Å². The maximum Gasteiger partial charge on any atom is 0.318 e. The number of carbonyl (C=O) groups excluding carboxylic acids is 1. The lowest BCUT2D eigenvalue weighted by Gasteiger charge is -2.24. The third-order valence-electron chi connectivity index (χ3n) is 2.90. The van der Waals surface area contributed by atoms with E-state index in [-0.39, 0.29) is 18.1 Å². The van der Waals surface area contributed by atoms with Gasteiger partial charge in [0.15, 0.2) is 5.76 Å². The Hall–Kier alpha value is -1.52. The summed E-state index contributed by atoms with van der Waals surface area (Å²) in [7, 11) is 0. The van der Waals surface area contributed by atoms with E-state index in [1.54, 1.807) is 0 Å². The summed E-state index contributed by atoms with van der Waals surface area (Å²) in [6.45, 7) is 6.59. The molecule has 0 aliphatic carbocycles. The van der Waals surface area contributed by atoms with E-state index in [0.717, 1.165) is 30.8 Å². The molecule has 0 saturated carbocycles. The van der Waals surface area contributed by atoms with Gasteiger partial charge in [0.2, 0.25) is 0 Å². The summed E-state index contributed by atoms with van der Waals surface area (Å²) in [6, 6.07) is 2.08. The molecule has 1 fully saturated rings. The second-order valence-corrected chi connectivity index (χ2v) is 4.83. The maximum absolute atomic E-state index is 12.0. The number of hydrogen-bond donors (Lipinski definition) is 1. The van der Waals surface area contributed by atoms with Gasteiger partial charge < -0.3 is 14.7 Å². The van der Waals surface area contributed by atoms with Crippen molar-refractivity contribution in [1.82, 2.24) is 15.4 Å². The third kappa shape index (κ3) is 2.60. The Morgan fingerprint density at radius 1 is 1.65 bits per heavy atom. The van der Waals surface area contributed by atoms with E-state index in [1.165, 1.54) is 0 Å². The van der Waals surface area contributed by atoms with E-state index in [4.69, 9.17) is 4.52 Å². The summed E-state index contributed by atoms with van der Waals surface area (Å²) in [5, 5.41) is 6.80. The van der Waals surface area contributed by atoms with Crippen molar-refractivity contribution in [2.45, 2.75) is 45.7 Å². The predicted molar refractivity (Wildman–Crippen MR) is 63.6 cm³/mol. The van der Waals surface area contributed by atoms with E-state index in [0.29, 0.717) is 0 Å². The van der Waals surface area contributed by atoms with E-state index in [1.807, 2.05) is 31.7 Å². The highest BCUT2D eigenvalue weighted by molar-refractivity contribution is 5.75. The van der Waals surface area contributed by atoms with Gasteiger partial charge >= 0.3 is 6.03 Å². The zero-order valence-electron chi connectivity index (χ0n) is 10.6. The summed E-state index contributed by atoms with van der Waals surface area (Å²) in [5.74, 6) is 0.791. The first-order valence-electron chi connectivity index (χ1n) is 6.08. The predicted octanol–water partition coefficient (Wildman–Crippen LogP) is 2.24. The van der Waals surface area contributed by atoms with Crippen molar-refractivity contribution in [3.8, 4) is 0 Å². The van der Waals surface area contributed by atoms with Crippen molar-refractivity contribution >= 4 is 6.03 Å². The molecule has 2 rings (SSSR count). The lowest BCUT2D eigenvalue weighted by Crippen LogP contribution is -2.42. The second-order valence-electron chi connectivity index (χ2n) is 4.83. The largest absolute Gasteiger partial charge is 0.359 e. The Bertz CT molecular complexity index is 400. The molecule has 1 unspecified atom stereocenters. The molecule has 2 heterocycles. The van der Waals surface area contributed by atoms with Crippen LogP contribution in [0.15, 0.2) is 10.6 Å². The number of urea groups is 1. The standard InChI is InChI=1S/C12H19N3O2/c1-8(2)13-12(16)15-6-4-5-10(15)11-7-9(3)14-17-11/h7-8,10H,4-6H2,1-3H3,(H,13,16). The highest BCUT2D eigenvalue weighted by Crippen LogP contribution is 2.32. The van der Waals surface area contributed by atoms with Crippen LogP contribution in [0.5, 0.6) is 0 Å². The monoisotopic (exact) mass is 237 g/mol. The van der Waals surface area contributed by atoms with Crippen molar-refractivity contribution in [2.24, 2.45) is 0 Å². The number of likely N-dealkylation sites (tertiary alicyclic amines) is 1. The summed E-state index contributed by atoms with van der Waals surface area (Å²) < 4.78 is 5.26. The van der Waals surface area contributed by atoms with Gasteiger partial charge in [-0.25, -0.2) is 4.79 Å². The van der Waals surface area contributed by atoms with Crippen LogP contribution in [0.1, 0.15) is 44.2 Å². The van der Waals surface area contributed by atoms with Crippen molar-refractivity contribution < 1.29 is 9.32 Å². The molecule has 0 spiro atoms. The fraction of sp³-hybridized carbons (Fsp3) is 0.667. The van der Waals surface area contributed by atoms with Crippen molar-refractivity contribution in [1.29, 1.82) is 0 Å². The molecule has 5 heteroatoms. The molecule has 1 aromatic rings. The SMILES string of the molecule is Cc1cc(C2CCCN2C(=O)NC(C)C)on1. The van der Waals surface area contributed by atoms with Gasteiger partial charge in [0.25, 0.3) is 0 Å². The normalized spacial score (nSPS) is 20.0. The molecule has 17 heavy (non-hydrogen) atoms. The Balaban J connectivity index is 2.09. The van der Waals surface area contributed by atoms with Gasteiger partial charge in [0.05, 0.1) is 11.7 Å². The van der Waals surface area contributed by atoms with Gasteiger partial charge in [-0.15, -0.1) is 0 Å². The Morgan fingerprint density at radius 2 is 2.41 bits per heavy atom. The summed E-state index contributed by atoms with van der Waals surface area (Å²) in [5.41, 5.74) is 0.858. The van der Waals surface area contributed by atoms with Crippen molar-refractivity contribution in [3.05, 3.63) is 17.5 Å². The summed E-state index contributed by atoms with van der Waals surface area (Å²) in [6.07, 6.45) is 1.95. The first kappa shape index (κ1) is 12.0. The van der Waals surface area contributed by atoms with Crippen LogP contribution in [0.2, 0.25) is 0 Å². The van der Waals surface area contributed by atoms with Crippen LogP contribution < -0.4 is 5.32 Å². The number of nitrogens with zero attached hydrogens (tertiary/aromatic N) is 2. The lowest BCUT2D eigenvalue weighted by atomic mass is 10.1. The van der Waals surface area contributed by atoms with Gasteiger partial charge in [0, 0.05) is 18.7 Å². The van der Waals surface area contributed by atoms with Crippen LogP contribution in [-0.4, -0.2) is 28.7 Å². The number of nitrogens with one attached hydrogen (secondary N) is 1. The average Bonchev–Trinajstić information content (AvgIpc) is 2.83. The maximum atomic E-state index is 12.0. The van der Waals surface area contributed by atoms with Gasteiger partial charge in [-0.3, -0.25) is 0 Å². The number of amides is 2. The van der Waals surface area contributed by atoms with Gasteiger partial charge in [-0.1, -0.05) is 5.16 Å². The Morgan fingerprint density at radius 3 is 3.00 bits per heavy atom. The molecular weight excluding hydrogens is 218 g/mol. The number of hydrogen-bond acceptors (Lipinski definition) is 3.